The maximum absolute atomic E-state index is 11.5. The van der Waals surface area contributed by atoms with Crippen LogP contribution >= 0.6 is 0 Å². The van der Waals surface area contributed by atoms with Crippen LogP contribution in [-0.2, 0) is 9.53 Å². The van der Waals surface area contributed by atoms with Crippen LogP contribution in [0.15, 0.2) is 23.8 Å². The number of rotatable bonds is 5. The van der Waals surface area contributed by atoms with Crippen LogP contribution in [0.5, 0.6) is 0 Å². The molecule has 8 atom stereocenters. The molecule has 0 bridgehead atoms. The lowest BCUT2D eigenvalue weighted by Crippen LogP contribution is -2.51. The molecule has 3 saturated carbocycles. The van der Waals surface area contributed by atoms with Crippen molar-refractivity contribution in [2.45, 2.75) is 105 Å². The summed E-state index contributed by atoms with van der Waals surface area (Å²) in [5, 5.41) is 0. The highest BCUT2D eigenvalue weighted by molar-refractivity contribution is 5.66. The quantitative estimate of drug-likeness (QED) is 0.332. The number of esters is 1. The summed E-state index contributed by atoms with van der Waals surface area (Å²) in [7, 11) is 0. The van der Waals surface area contributed by atoms with Crippen molar-refractivity contribution in [1.82, 2.24) is 0 Å². The molecule has 0 amide bonds. The summed E-state index contributed by atoms with van der Waals surface area (Å²) in [4.78, 5) is 11.5. The van der Waals surface area contributed by atoms with E-state index in [1.54, 1.807) is 12.5 Å². The molecule has 4 aliphatic rings. The molecule has 0 spiro atoms. The van der Waals surface area contributed by atoms with Crippen molar-refractivity contribution < 1.29 is 9.53 Å². The van der Waals surface area contributed by atoms with Crippen molar-refractivity contribution in [3.63, 3.8) is 0 Å². The fourth-order valence-corrected chi connectivity index (χ4v) is 8.57. The van der Waals surface area contributed by atoms with Crippen molar-refractivity contribution >= 4 is 5.97 Å². The van der Waals surface area contributed by atoms with Crippen molar-refractivity contribution in [3.05, 3.63) is 23.8 Å². The summed E-state index contributed by atoms with van der Waals surface area (Å²) in [5.41, 5.74) is 2.45. The molecular weight excluding hydrogens is 380 g/mol. The number of carbonyl (C=O) groups is 1. The first-order valence-electron chi connectivity index (χ1n) is 13.2. The smallest absolute Gasteiger partial charge is 0.302 e. The predicted octanol–water partition coefficient (Wildman–Crippen LogP) is 7.74. The van der Waals surface area contributed by atoms with E-state index in [9.17, 15) is 4.79 Å². The third kappa shape index (κ3) is 4.18. The molecule has 0 unspecified atom stereocenters. The Morgan fingerprint density at radius 3 is 2.61 bits per heavy atom. The lowest BCUT2D eigenvalue weighted by Gasteiger charge is -2.58. The summed E-state index contributed by atoms with van der Waals surface area (Å²) in [6.45, 7) is 13.9. The van der Waals surface area contributed by atoms with Gasteiger partial charge < -0.3 is 4.74 Å². The minimum Gasteiger partial charge on any atom is -0.462 e. The molecule has 2 heteroatoms. The van der Waals surface area contributed by atoms with Crippen LogP contribution in [0.3, 0.4) is 0 Å². The summed E-state index contributed by atoms with van der Waals surface area (Å²) >= 11 is 0. The van der Waals surface area contributed by atoms with Gasteiger partial charge in [0.2, 0.25) is 0 Å². The van der Waals surface area contributed by atoms with Crippen molar-refractivity contribution in [2.75, 3.05) is 0 Å². The van der Waals surface area contributed by atoms with Crippen LogP contribution in [0.1, 0.15) is 99.3 Å². The van der Waals surface area contributed by atoms with Gasteiger partial charge in [0.1, 0.15) is 6.10 Å². The third-order valence-corrected chi connectivity index (χ3v) is 10.1. The van der Waals surface area contributed by atoms with Gasteiger partial charge in [0.25, 0.3) is 0 Å². The molecule has 0 aromatic heterocycles. The number of hydrogen-bond acceptors (Lipinski definition) is 2. The van der Waals surface area contributed by atoms with Crippen LogP contribution in [-0.4, -0.2) is 12.1 Å². The van der Waals surface area contributed by atoms with Gasteiger partial charge in [-0.2, -0.15) is 0 Å². The first kappa shape index (κ1) is 23.1. The van der Waals surface area contributed by atoms with Gasteiger partial charge in [-0.25, -0.2) is 0 Å². The second-order valence-corrected chi connectivity index (χ2v) is 12.4. The first-order valence-corrected chi connectivity index (χ1v) is 13.2. The predicted molar refractivity (Wildman–Crippen MR) is 129 cm³/mol. The minimum atomic E-state index is -0.120. The molecule has 4 aliphatic carbocycles. The highest BCUT2D eigenvalue weighted by atomic mass is 16.5. The number of fused-ring (bicyclic) bond motifs is 5. The minimum absolute atomic E-state index is 0.108. The summed E-state index contributed by atoms with van der Waals surface area (Å²) < 4.78 is 5.61. The Morgan fingerprint density at radius 2 is 1.90 bits per heavy atom. The van der Waals surface area contributed by atoms with Gasteiger partial charge in [-0.3, -0.25) is 4.79 Å². The fraction of sp³-hybridized carbons (Fsp3) is 0.828. The maximum Gasteiger partial charge on any atom is 0.302 e. The average molecular weight is 427 g/mol. The normalized spacial score (nSPS) is 43.2. The second kappa shape index (κ2) is 8.71. The van der Waals surface area contributed by atoms with Gasteiger partial charge in [-0.1, -0.05) is 58.4 Å². The molecule has 0 radical (unpaired) electrons. The first-order chi connectivity index (χ1) is 14.6. The second-order valence-electron chi connectivity index (χ2n) is 12.4. The summed E-state index contributed by atoms with van der Waals surface area (Å²) in [5.74, 6) is 4.76. The molecule has 2 nitrogen and oxygen atoms in total. The lowest BCUT2D eigenvalue weighted by molar-refractivity contribution is -0.148. The SMILES string of the molecule is CC(=O)O[C@H]1CC[C@@]2(C)C(=CC[C@@H]3[C@H]4CC[C@H]([C@H](C)/C=C/CC(C)C)[C@@]4(C)CC[C@H]32)C1. The molecule has 3 fully saturated rings. The zero-order valence-corrected chi connectivity index (χ0v) is 21.0. The van der Waals surface area contributed by atoms with E-state index in [4.69, 9.17) is 4.74 Å². The molecule has 4 rings (SSSR count). The van der Waals surface area contributed by atoms with Crippen LogP contribution in [0.4, 0.5) is 0 Å². The van der Waals surface area contributed by atoms with Gasteiger partial charge in [0.15, 0.2) is 0 Å². The Kier molecular flexibility index (Phi) is 6.50. The van der Waals surface area contributed by atoms with Gasteiger partial charge in [0.05, 0.1) is 0 Å². The number of hydrogen-bond donors (Lipinski definition) is 0. The van der Waals surface area contributed by atoms with E-state index >= 15 is 0 Å². The third-order valence-electron chi connectivity index (χ3n) is 10.1. The van der Waals surface area contributed by atoms with E-state index in [0.29, 0.717) is 16.7 Å². The van der Waals surface area contributed by atoms with Gasteiger partial charge in [-0.05, 0) is 97.7 Å². The monoisotopic (exact) mass is 426 g/mol. The Balaban J connectivity index is 1.50. The molecule has 0 heterocycles. The standard InChI is InChI=1S/C29H46O2/c1-19(2)8-7-9-20(3)25-12-13-26-24-11-10-22-18-23(31-21(4)30)14-16-28(22,5)27(24)15-17-29(25,26)6/h7,9-10,19-20,23-27H,8,11-18H2,1-6H3/b9-7+/t20-,23+,24-,25-,26-,27-,28+,29-/m1/s1. The van der Waals surface area contributed by atoms with E-state index in [0.717, 1.165) is 42.4 Å². The Hall–Kier alpha value is -1.05. The number of carbonyl (C=O) groups excluding carboxylic acids is 1. The van der Waals surface area contributed by atoms with Crippen molar-refractivity contribution in [1.29, 1.82) is 0 Å². The Bertz CT molecular complexity index is 733. The van der Waals surface area contributed by atoms with Crippen LogP contribution in [0, 0.1) is 46.3 Å². The Labute approximate surface area is 191 Å². The van der Waals surface area contributed by atoms with Crippen LogP contribution in [0.25, 0.3) is 0 Å². The highest BCUT2D eigenvalue weighted by Crippen LogP contribution is 2.67. The largest absolute Gasteiger partial charge is 0.462 e. The lowest BCUT2D eigenvalue weighted by atomic mass is 9.47. The number of ether oxygens (including phenoxy) is 1. The maximum atomic E-state index is 11.5. The van der Waals surface area contributed by atoms with Crippen LogP contribution in [0.2, 0.25) is 0 Å². The zero-order valence-electron chi connectivity index (χ0n) is 21.0. The molecule has 0 aromatic carbocycles. The number of allylic oxidation sites excluding steroid dienone is 3. The fourth-order valence-electron chi connectivity index (χ4n) is 8.57. The molecule has 31 heavy (non-hydrogen) atoms. The highest BCUT2D eigenvalue weighted by Gasteiger charge is 2.59. The summed E-state index contributed by atoms with van der Waals surface area (Å²) in [6, 6.07) is 0. The summed E-state index contributed by atoms with van der Waals surface area (Å²) in [6.07, 6.45) is 19.0. The average Bonchev–Trinajstić information content (AvgIpc) is 3.05. The van der Waals surface area contributed by atoms with E-state index in [-0.39, 0.29) is 12.1 Å². The zero-order chi connectivity index (χ0) is 22.4. The van der Waals surface area contributed by atoms with Gasteiger partial charge >= 0.3 is 5.97 Å². The van der Waals surface area contributed by atoms with E-state index in [2.05, 4.69) is 52.8 Å². The topological polar surface area (TPSA) is 26.3 Å². The van der Waals surface area contributed by atoms with E-state index in [1.807, 2.05) is 0 Å². The molecule has 174 valence electrons. The van der Waals surface area contributed by atoms with Crippen LogP contribution < -0.4 is 0 Å². The van der Waals surface area contributed by atoms with E-state index < -0.39 is 0 Å². The van der Waals surface area contributed by atoms with Gasteiger partial charge in [0, 0.05) is 13.3 Å². The Morgan fingerprint density at radius 1 is 1.13 bits per heavy atom. The molecule has 0 aliphatic heterocycles. The van der Waals surface area contributed by atoms with Crippen molar-refractivity contribution in [3.8, 4) is 0 Å². The molecule has 0 saturated heterocycles. The molecular formula is C29H46O2. The molecule has 0 aromatic rings. The van der Waals surface area contributed by atoms with Crippen molar-refractivity contribution in [2.24, 2.45) is 46.3 Å². The van der Waals surface area contributed by atoms with E-state index in [1.165, 1.54) is 44.9 Å². The molecule has 0 N–H and O–H groups in total. The van der Waals surface area contributed by atoms with Gasteiger partial charge in [-0.15, -0.1) is 0 Å².